The van der Waals surface area contributed by atoms with Gasteiger partial charge in [-0.3, -0.25) is 38.4 Å². The summed E-state index contributed by atoms with van der Waals surface area (Å²) in [5.41, 5.74) is 0.874. The van der Waals surface area contributed by atoms with Crippen LogP contribution in [0, 0.1) is 5.92 Å². The number of hydrogen-bond donors (Lipinski definition) is 8. The molecule has 3 unspecified atom stereocenters. The van der Waals surface area contributed by atoms with Crippen molar-refractivity contribution < 1.29 is 47.5 Å². The van der Waals surface area contributed by atoms with Crippen LogP contribution in [-0.2, 0) is 34.7 Å². The quantitative estimate of drug-likeness (QED) is 0.0531. The van der Waals surface area contributed by atoms with Gasteiger partial charge in [0.2, 0.25) is 25.1 Å². The van der Waals surface area contributed by atoms with E-state index < -0.39 is 56.0 Å². The van der Waals surface area contributed by atoms with E-state index in [2.05, 4.69) is 45.7 Å². The van der Waals surface area contributed by atoms with Gasteiger partial charge in [0, 0.05) is 50.8 Å². The number of hydrogen-bond acceptors (Lipinski definition) is 10. The summed E-state index contributed by atoms with van der Waals surface area (Å²) in [4.78, 5) is 78.4. The lowest BCUT2D eigenvalue weighted by Crippen LogP contribution is -2.42. The van der Waals surface area contributed by atoms with Gasteiger partial charge in [-0.15, -0.1) is 12.6 Å². The molecule has 4 amide bonds. The second kappa shape index (κ2) is 15.9. The third-order valence-corrected chi connectivity index (χ3v) is 9.28. The van der Waals surface area contributed by atoms with Crippen molar-refractivity contribution in [1.29, 1.82) is 0 Å². The maximum atomic E-state index is 12.8. The van der Waals surface area contributed by atoms with Gasteiger partial charge in [-0.1, -0.05) is 19.1 Å². The van der Waals surface area contributed by atoms with Crippen molar-refractivity contribution in [3.8, 4) is 5.75 Å². The number of likely N-dealkylation sites (tertiary alicyclic amines) is 1. The number of nitrogens with one attached hydrogen (secondary N) is 3. The highest BCUT2D eigenvalue weighted by Crippen LogP contribution is 2.40. The van der Waals surface area contributed by atoms with E-state index >= 15 is 0 Å². The Morgan fingerprint density at radius 3 is 2.33 bits per heavy atom. The van der Waals surface area contributed by atoms with Gasteiger partial charge in [0.25, 0.3) is 5.91 Å². The van der Waals surface area contributed by atoms with Gasteiger partial charge in [0.15, 0.2) is 0 Å². The van der Waals surface area contributed by atoms with Crippen molar-refractivity contribution in [3.63, 3.8) is 0 Å². The van der Waals surface area contributed by atoms with Crippen LogP contribution in [0.5, 0.6) is 5.75 Å². The fraction of sp³-hybridized carbons (Fsp3) is 0.500. The van der Waals surface area contributed by atoms with E-state index in [1.165, 1.54) is 17.5 Å². The zero-order chi connectivity index (χ0) is 31.7. The Balaban J connectivity index is 1.97. The molecule has 18 heteroatoms. The molecule has 0 radical (unpaired) electrons. The van der Waals surface area contributed by atoms with Gasteiger partial charge in [0.1, 0.15) is 11.4 Å². The van der Waals surface area contributed by atoms with Gasteiger partial charge < -0.3 is 25.4 Å². The normalized spacial score (nSPS) is 18.7. The molecule has 1 fully saturated rings. The summed E-state index contributed by atoms with van der Waals surface area (Å²) in [6.45, 7) is 1.32. The average Bonchev–Trinajstić information content (AvgIpc) is 3.13. The molecule has 1 heterocycles. The lowest BCUT2D eigenvalue weighted by molar-refractivity contribution is -0.138. The predicted molar refractivity (Wildman–Crippen MR) is 161 cm³/mol. The Morgan fingerprint density at radius 1 is 1.17 bits per heavy atom. The first-order valence-electron chi connectivity index (χ1n) is 12.8. The van der Waals surface area contributed by atoms with Crippen molar-refractivity contribution in [2.45, 2.75) is 37.5 Å². The van der Waals surface area contributed by atoms with Gasteiger partial charge >= 0.3 is 7.82 Å². The Kier molecular flexibility index (Phi) is 13.6. The van der Waals surface area contributed by atoms with Crippen molar-refractivity contribution in [1.82, 2.24) is 20.9 Å². The Morgan fingerprint density at radius 2 is 1.81 bits per heavy atom. The summed E-state index contributed by atoms with van der Waals surface area (Å²) in [6.07, 6.45) is -0.161. The van der Waals surface area contributed by atoms with Crippen LogP contribution in [0.2, 0.25) is 0 Å². The highest BCUT2D eigenvalue weighted by Gasteiger charge is 2.37. The minimum absolute atomic E-state index is 0.0402. The van der Waals surface area contributed by atoms with E-state index in [0.29, 0.717) is 5.56 Å². The first-order chi connectivity index (χ1) is 19.5. The number of phosphoric acid groups is 1. The van der Waals surface area contributed by atoms with Crippen LogP contribution < -0.4 is 20.5 Å². The highest BCUT2D eigenvalue weighted by atomic mass is 32.1. The van der Waals surface area contributed by atoms with Crippen LogP contribution in [0.1, 0.15) is 25.3 Å². The molecule has 0 bridgehead atoms. The maximum absolute atomic E-state index is 12.8. The number of thiol groups is 2. The lowest BCUT2D eigenvalue weighted by Gasteiger charge is -2.23. The van der Waals surface area contributed by atoms with E-state index in [0.717, 1.165) is 4.90 Å². The fourth-order valence-corrected chi connectivity index (χ4v) is 6.27. The second-order valence-corrected chi connectivity index (χ2v) is 14.4. The van der Waals surface area contributed by atoms with E-state index in [9.17, 15) is 33.2 Å². The molecular formula is C24H36N4O10P2S2. The number of phosphoric ester groups is 1. The molecule has 1 saturated heterocycles. The summed E-state index contributed by atoms with van der Waals surface area (Å²) in [6, 6.07) is 5.32. The number of amides is 4. The predicted octanol–water partition coefficient (Wildman–Crippen LogP) is 0.646. The summed E-state index contributed by atoms with van der Waals surface area (Å²) in [7, 11) is -6.93. The third kappa shape index (κ3) is 11.8. The minimum atomic E-state index is -4.72. The zero-order valence-corrected chi connectivity index (χ0v) is 26.6. The summed E-state index contributed by atoms with van der Waals surface area (Å²) < 4.78 is 28.2. The molecule has 14 nitrogen and oxygen atoms in total. The molecular weight excluding hydrogens is 630 g/mol. The van der Waals surface area contributed by atoms with E-state index in [-0.39, 0.29) is 56.1 Å². The van der Waals surface area contributed by atoms with E-state index in [1.54, 1.807) is 26.1 Å². The molecule has 0 saturated carbocycles. The molecule has 1 aliphatic rings. The molecule has 6 N–H and O–H groups in total. The molecule has 234 valence electrons. The molecule has 0 spiro atoms. The first kappa shape index (κ1) is 35.9. The zero-order valence-electron chi connectivity index (χ0n) is 23.0. The van der Waals surface area contributed by atoms with Crippen molar-refractivity contribution >= 4 is 64.1 Å². The summed E-state index contributed by atoms with van der Waals surface area (Å²) in [5, 5.41) is 8.71. The summed E-state index contributed by atoms with van der Waals surface area (Å²) >= 11 is 8.03. The second-order valence-electron chi connectivity index (χ2n) is 9.72. The molecule has 4 atom stereocenters. The molecule has 1 aromatic rings. The van der Waals surface area contributed by atoms with Crippen LogP contribution in [0.25, 0.3) is 0 Å². The Bertz CT molecular complexity index is 1270. The van der Waals surface area contributed by atoms with Crippen molar-refractivity contribution in [3.05, 3.63) is 40.9 Å². The monoisotopic (exact) mass is 666 g/mol. The van der Waals surface area contributed by atoms with Crippen molar-refractivity contribution in [2.24, 2.45) is 5.92 Å². The van der Waals surface area contributed by atoms with Crippen molar-refractivity contribution in [2.75, 3.05) is 32.5 Å². The molecule has 1 aliphatic heterocycles. The molecule has 0 aromatic heterocycles. The number of likely N-dealkylation sites (N-methyl/N-ethyl adjacent to an activating group) is 1. The van der Waals surface area contributed by atoms with Gasteiger partial charge in [-0.2, -0.15) is 12.6 Å². The SMILES string of the molecule is CN/C(=C\S)C(=O)N[C@@H](Cc1ccc(OP(=O)(O)O)cc1)CC(C)C(=O)NCCP(=O)(O)CCN1C(=O)CC(S)C1=O. The number of rotatable bonds is 16. The Labute approximate surface area is 254 Å². The fourth-order valence-electron chi connectivity index (χ4n) is 4.13. The maximum Gasteiger partial charge on any atom is 0.524 e. The minimum Gasteiger partial charge on any atom is -0.404 e. The summed E-state index contributed by atoms with van der Waals surface area (Å²) in [5.74, 6) is -2.49. The van der Waals surface area contributed by atoms with Gasteiger partial charge in [0.05, 0.1) is 5.25 Å². The topological polar surface area (TPSA) is 212 Å². The van der Waals surface area contributed by atoms with Gasteiger partial charge in [-0.25, -0.2) is 4.57 Å². The number of imide groups is 1. The number of carbonyl (C=O) groups is 4. The first-order valence-corrected chi connectivity index (χ1v) is 17.4. The largest absolute Gasteiger partial charge is 0.524 e. The van der Waals surface area contributed by atoms with E-state index in [4.69, 9.17) is 9.79 Å². The van der Waals surface area contributed by atoms with Crippen LogP contribution in [0.15, 0.2) is 35.4 Å². The standard InChI is InChI=1S/C24H36N4O10P2S2/c1-15(22(30)26-7-9-39(33,34)10-8-28-21(29)13-20(42)24(28)32)11-17(27-23(31)19(14-41)25-2)12-16-3-5-18(6-4-16)38-40(35,36)37/h3-6,14-15,17,20,25,41-42H,7-13H2,1-2H3,(H,26,30)(H,27,31)(H,33,34)(H2,35,36,37)/b19-14-/t15?,17-,20?/m1/s1. The highest BCUT2D eigenvalue weighted by molar-refractivity contribution is 7.83. The third-order valence-electron chi connectivity index (χ3n) is 6.35. The average molecular weight is 667 g/mol. The lowest BCUT2D eigenvalue weighted by atomic mass is 9.95. The number of nitrogens with zero attached hydrogens (tertiary/aromatic N) is 1. The molecule has 0 aliphatic carbocycles. The van der Waals surface area contributed by atoms with E-state index in [1.807, 2.05) is 0 Å². The molecule has 42 heavy (non-hydrogen) atoms. The van der Waals surface area contributed by atoms with Crippen LogP contribution in [-0.4, -0.2) is 87.0 Å². The number of carbonyl (C=O) groups excluding carboxylic acids is 4. The smallest absolute Gasteiger partial charge is 0.404 e. The molecule has 1 aromatic carbocycles. The van der Waals surface area contributed by atoms with Crippen LogP contribution in [0.4, 0.5) is 0 Å². The van der Waals surface area contributed by atoms with Gasteiger partial charge in [-0.05, 0) is 35.9 Å². The van der Waals surface area contributed by atoms with Crippen LogP contribution >= 0.6 is 40.4 Å². The Hall–Kier alpha value is -2.32. The van der Waals surface area contributed by atoms with Crippen LogP contribution in [0.3, 0.4) is 0 Å². The number of benzene rings is 1. The molecule has 2 rings (SSSR count).